The lowest BCUT2D eigenvalue weighted by Gasteiger charge is -2.17. The van der Waals surface area contributed by atoms with Crippen LogP contribution in [0, 0.1) is 0 Å². The van der Waals surface area contributed by atoms with Gasteiger partial charge in [0.05, 0.1) is 12.7 Å². The summed E-state index contributed by atoms with van der Waals surface area (Å²) in [5, 5.41) is 0. The first-order chi connectivity index (χ1) is 7.72. The SMILES string of the molecule is CC(C)OCC(CCc1ccccn1)NN. The molecule has 4 heteroatoms. The van der Waals surface area contributed by atoms with Gasteiger partial charge in [-0.1, -0.05) is 6.07 Å². The summed E-state index contributed by atoms with van der Waals surface area (Å²) in [5.41, 5.74) is 3.86. The molecule has 0 aliphatic heterocycles. The second-order valence-corrected chi connectivity index (χ2v) is 4.11. The molecule has 4 nitrogen and oxygen atoms in total. The number of hydrogen-bond acceptors (Lipinski definition) is 4. The van der Waals surface area contributed by atoms with Crippen molar-refractivity contribution < 1.29 is 4.74 Å². The fourth-order valence-corrected chi connectivity index (χ4v) is 1.39. The molecule has 0 fully saturated rings. The monoisotopic (exact) mass is 223 g/mol. The van der Waals surface area contributed by atoms with Crippen LogP contribution in [0.1, 0.15) is 26.0 Å². The van der Waals surface area contributed by atoms with E-state index in [0.29, 0.717) is 6.61 Å². The van der Waals surface area contributed by atoms with Crippen LogP contribution in [0.15, 0.2) is 24.4 Å². The summed E-state index contributed by atoms with van der Waals surface area (Å²) in [6, 6.07) is 6.13. The van der Waals surface area contributed by atoms with E-state index in [9.17, 15) is 0 Å². The van der Waals surface area contributed by atoms with Gasteiger partial charge >= 0.3 is 0 Å². The third-order valence-corrected chi connectivity index (χ3v) is 2.34. The molecule has 0 aliphatic rings. The fourth-order valence-electron chi connectivity index (χ4n) is 1.39. The number of aryl methyl sites for hydroxylation is 1. The van der Waals surface area contributed by atoms with Gasteiger partial charge in [0.1, 0.15) is 0 Å². The molecule has 1 heterocycles. The van der Waals surface area contributed by atoms with Crippen molar-refractivity contribution in [1.29, 1.82) is 0 Å². The fraction of sp³-hybridized carbons (Fsp3) is 0.583. The standard InChI is InChI=1S/C12H21N3O/c1-10(2)16-9-12(15-13)7-6-11-5-3-4-8-14-11/h3-5,8,10,12,15H,6-7,9,13H2,1-2H3. The van der Waals surface area contributed by atoms with E-state index in [1.54, 1.807) is 0 Å². The first-order valence-electron chi connectivity index (χ1n) is 5.70. The van der Waals surface area contributed by atoms with Crippen molar-refractivity contribution in [3.05, 3.63) is 30.1 Å². The maximum atomic E-state index is 5.52. The maximum Gasteiger partial charge on any atom is 0.0636 e. The first kappa shape index (κ1) is 13.1. The molecule has 1 unspecified atom stereocenters. The molecular formula is C12H21N3O. The van der Waals surface area contributed by atoms with E-state index in [2.05, 4.69) is 10.4 Å². The Kier molecular flexibility index (Phi) is 6.00. The van der Waals surface area contributed by atoms with Crippen LogP contribution in [0.3, 0.4) is 0 Å². The van der Waals surface area contributed by atoms with Gasteiger partial charge in [-0.3, -0.25) is 16.3 Å². The van der Waals surface area contributed by atoms with Crippen LogP contribution in [0.25, 0.3) is 0 Å². The van der Waals surface area contributed by atoms with Gasteiger partial charge in [-0.15, -0.1) is 0 Å². The van der Waals surface area contributed by atoms with Gasteiger partial charge in [-0.25, -0.2) is 0 Å². The molecule has 0 saturated carbocycles. The quantitative estimate of drug-likeness (QED) is 0.540. The molecule has 0 saturated heterocycles. The van der Waals surface area contributed by atoms with Gasteiger partial charge < -0.3 is 4.74 Å². The summed E-state index contributed by atoms with van der Waals surface area (Å²) in [4.78, 5) is 4.27. The molecule has 0 aliphatic carbocycles. The Hall–Kier alpha value is -0.970. The summed E-state index contributed by atoms with van der Waals surface area (Å²) in [7, 11) is 0. The minimum Gasteiger partial charge on any atom is -0.377 e. The van der Waals surface area contributed by atoms with Crippen LogP contribution in [-0.4, -0.2) is 23.7 Å². The van der Waals surface area contributed by atoms with Gasteiger partial charge in [0.2, 0.25) is 0 Å². The van der Waals surface area contributed by atoms with E-state index >= 15 is 0 Å². The summed E-state index contributed by atoms with van der Waals surface area (Å²) >= 11 is 0. The van der Waals surface area contributed by atoms with Gasteiger partial charge in [-0.05, 0) is 38.8 Å². The molecule has 1 aromatic rings. The number of nitrogens with two attached hydrogens (primary N) is 1. The zero-order valence-corrected chi connectivity index (χ0v) is 10.0. The molecular weight excluding hydrogens is 202 g/mol. The minimum absolute atomic E-state index is 0.185. The lowest BCUT2D eigenvalue weighted by Crippen LogP contribution is -2.39. The van der Waals surface area contributed by atoms with E-state index < -0.39 is 0 Å². The summed E-state index contributed by atoms with van der Waals surface area (Å²) in [5.74, 6) is 5.47. The van der Waals surface area contributed by atoms with E-state index in [1.807, 2.05) is 38.2 Å². The van der Waals surface area contributed by atoms with Crippen LogP contribution in [0.2, 0.25) is 0 Å². The lowest BCUT2D eigenvalue weighted by atomic mass is 10.1. The Balaban J connectivity index is 2.28. The highest BCUT2D eigenvalue weighted by molar-refractivity contribution is 5.03. The smallest absolute Gasteiger partial charge is 0.0636 e. The Morgan fingerprint density at radius 3 is 2.81 bits per heavy atom. The van der Waals surface area contributed by atoms with Crippen molar-refractivity contribution in [2.45, 2.75) is 38.8 Å². The largest absolute Gasteiger partial charge is 0.377 e. The van der Waals surface area contributed by atoms with Crippen LogP contribution in [0.4, 0.5) is 0 Å². The summed E-state index contributed by atoms with van der Waals surface area (Å²) in [6.45, 7) is 4.68. The average molecular weight is 223 g/mol. The number of hydrazine groups is 1. The zero-order valence-electron chi connectivity index (χ0n) is 10.0. The number of nitrogens with one attached hydrogen (secondary N) is 1. The highest BCUT2D eigenvalue weighted by Crippen LogP contribution is 2.03. The molecule has 0 spiro atoms. The average Bonchev–Trinajstić information content (AvgIpc) is 2.30. The molecule has 1 rings (SSSR count). The normalized spacial score (nSPS) is 13.0. The Bertz CT molecular complexity index is 277. The molecule has 1 atom stereocenters. The molecule has 3 N–H and O–H groups in total. The minimum atomic E-state index is 0.185. The highest BCUT2D eigenvalue weighted by Gasteiger charge is 2.08. The molecule has 0 amide bonds. The van der Waals surface area contributed by atoms with Crippen LogP contribution >= 0.6 is 0 Å². The number of rotatable bonds is 7. The van der Waals surface area contributed by atoms with Gasteiger partial charge in [0.15, 0.2) is 0 Å². The summed E-state index contributed by atoms with van der Waals surface area (Å²) < 4.78 is 5.52. The van der Waals surface area contributed by atoms with Crippen molar-refractivity contribution in [3.8, 4) is 0 Å². The van der Waals surface area contributed by atoms with Crippen LogP contribution < -0.4 is 11.3 Å². The number of ether oxygens (including phenoxy) is 1. The van der Waals surface area contributed by atoms with E-state index in [1.165, 1.54) is 0 Å². The first-order valence-corrected chi connectivity index (χ1v) is 5.70. The van der Waals surface area contributed by atoms with E-state index in [4.69, 9.17) is 10.6 Å². The molecule has 0 aromatic carbocycles. The van der Waals surface area contributed by atoms with Crippen LogP contribution in [-0.2, 0) is 11.2 Å². The lowest BCUT2D eigenvalue weighted by molar-refractivity contribution is 0.0596. The summed E-state index contributed by atoms with van der Waals surface area (Å²) in [6.07, 6.45) is 3.90. The number of hydrogen-bond donors (Lipinski definition) is 2. The Labute approximate surface area is 97.2 Å². The molecule has 16 heavy (non-hydrogen) atoms. The predicted molar refractivity (Wildman–Crippen MR) is 64.8 cm³/mol. The van der Waals surface area contributed by atoms with Gasteiger partial charge in [0, 0.05) is 17.9 Å². The van der Waals surface area contributed by atoms with Crippen molar-refractivity contribution in [2.24, 2.45) is 5.84 Å². The van der Waals surface area contributed by atoms with Crippen LogP contribution in [0.5, 0.6) is 0 Å². The van der Waals surface area contributed by atoms with E-state index in [0.717, 1.165) is 18.5 Å². The molecule has 0 radical (unpaired) electrons. The number of nitrogens with zero attached hydrogens (tertiary/aromatic N) is 1. The van der Waals surface area contributed by atoms with Gasteiger partial charge in [0.25, 0.3) is 0 Å². The van der Waals surface area contributed by atoms with Crippen molar-refractivity contribution >= 4 is 0 Å². The molecule has 0 bridgehead atoms. The Morgan fingerprint density at radius 1 is 1.44 bits per heavy atom. The topological polar surface area (TPSA) is 60.2 Å². The highest BCUT2D eigenvalue weighted by atomic mass is 16.5. The van der Waals surface area contributed by atoms with E-state index in [-0.39, 0.29) is 12.1 Å². The maximum absolute atomic E-state index is 5.52. The predicted octanol–water partition coefficient (Wildman–Crippen LogP) is 1.27. The Morgan fingerprint density at radius 2 is 2.25 bits per heavy atom. The van der Waals surface area contributed by atoms with Crippen molar-refractivity contribution in [2.75, 3.05) is 6.61 Å². The van der Waals surface area contributed by atoms with Crippen molar-refractivity contribution in [1.82, 2.24) is 10.4 Å². The third kappa shape index (κ3) is 5.21. The second kappa shape index (κ2) is 7.33. The second-order valence-electron chi connectivity index (χ2n) is 4.11. The zero-order chi connectivity index (χ0) is 11.8. The van der Waals surface area contributed by atoms with Gasteiger partial charge in [-0.2, -0.15) is 0 Å². The number of pyridine rings is 1. The number of aromatic nitrogens is 1. The van der Waals surface area contributed by atoms with Crippen molar-refractivity contribution in [3.63, 3.8) is 0 Å². The third-order valence-electron chi connectivity index (χ3n) is 2.34. The molecule has 90 valence electrons. The molecule has 1 aromatic heterocycles.